The lowest BCUT2D eigenvalue weighted by Crippen LogP contribution is -3.00. The van der Waals surface area contributed by atoms with Crippen LogP contribution in [0.1, 0.15) is 12.7 Å². The van der Waals surface area contributed by atoms with Crippen molar-refractivity contribution in [3.63, 3.8) is 0 Å². The summed E-state index contributed by atoms with van der Waals surface area (Å²) in [7, 11) is 0. The first-order valence-electron chi connectivity index (χ1n) is 5.49. The monoisotopic (exact) mass is 408 g/mol. The molecule has 0 saturated heterocycles. The molecular formula is C10H10BrF9N2. The molecule has 1 aromatic rings. The van der Waals surface area contributed by atoms with E-state index in [1.807, 2.05) is 0 Å². The van der Waals surface area contributed by atoms with Crippen LogP contribution in [0.4, 0.5) is 39.5 Å². The van der Waals surface area contributed by atoms with Gasteiger partial charge < -0.3 is 17.0 Å². The van der Waals surface area contributed by atoms with Gasteiger partial charge in [-0.1, -0.05) is 0 Å². The number of alkyl halides is 9. The third-order valence-electron chi connectivity index (χ3n) is 2.93. The molecule has 0 saturated carbocycles. The van der Waals surface area contributed by atoms with Crippen molar-refractivity contribution < 1.29 is 61.1 Å². The third-order valence-corrected chi connectivity index (χ3v) is 2.93. The van der Waals surface area contributed by atoms with Crippen molar-refractivity contribution in [2.75, 3.05) is 0 Å². The summed E-state index contributed by atoms with van der Waals surface area (Å²) in [4.78, 5) is 0. The summed E-state index contributed by atoms with van der Waals surface area (Å²) in [5.41, 5.74) is 0. The highest BCUT2D eigenvalue weighted by Gasteiger charge is 2.84. The Balaban J connectivity index is 0.00000441. The van der Waals surface area contributed by atoms with Crippen molar-refractivity contribution in [3.8, 4) is 0 Å². The number of halogens is 10. The largest absolute Gasteiger partial charge is 1.00 e. The maximum absolute atomic E-state index is 13.6. The Labute approximate surface area is 129 Å². The zero-order valence-electron chi connectivity index (χ0n) is 11.0. The topological polar surface area (TPSA) is 8.81 Å². The Kier molecular flexibility index (Phi) is 5.68. The predicted octanol–water partition coefficient (Wildman–Crippen LogP) is 0.490. The minimum Gasteiger partial charge on any atom is -1.00 e. The van der Waals surface area contributed by atoms with Gasteiger partial charge in [-0.15, -0.1) is 0 Å². The molecule has 0 aliphatic heterocycles. The summed E-state index contributed by atoms with van der Waals surface area (Å²) in [5, 5.41) is 0. The van der Waals surface area contributed by atoms with E-state index in [-0.39, 0.29) is 23.5 Å². The third kappa shape index (κ3) is 2.81. The number of hydrogen-bond donors (Lipinski definition) is 0. The molecule has 0 spiro atoms. The van der Waals surface area contributed by atoms with Crippen LogP contribution in [0.2, 0.25) is 0 Å². The number of hydrogen-bond acceptors (Lipinski definition) is 0. The predicted molar refractivity (Wildman–Crippen MR) is 51.2 cm³/mol. The van der Waals surface area contributed by atoms with Gasteiger partial charge in [0.05, 0.1) is 6.54 Å². The average molecular weight is 409 g/mol. The van der Waals surface area contributed by atoms with Gasteiger partial charge in [0.2, 0.25) is 0 Å². The molecule has 12 heteroatoms. The van der Waals surface area contributed by atoms with Crippen LogP contribution in [0, 0.1) is 6.92 Å². The van der Waals surface area contributed by atoms with Crippen LogP contribution in [-0.2, 0) is 12.6 Å². The van der Waals surface area contributed by atoms with Crippen LogP contribution >= 0.6 is 0 Å². The molecule has 22 heavy (non-hydrogen) atoms. The van der Waals surface area contributed by atoms with E-state index in [9.17, 15) is 39.5 Å². The molecule has 0 atom stereocenters. The minimum absolute atomic E-state index is 0. The summed E-state index contributed by atoms with van der Waals surface area (Å²) >= 11 is 0. The van der Waals surface area contributed by atoms with Gasteiger partial charge in [-0.2, -0.15) is 44.1 Å². The van der Waals surface area contributed by atoms with E-state index in [4.69, 9.17) is 0 Å². The van der Waals surface area contributed by atoms with Gasteiger partial charge in [-0.25, -0.2) is 4.57 Å². The lowest BCUT2D eigenvalue weighted by molar-refractivity contribution is -0.700. The van der Waals surface area contributed by atoms with E-state index in [0.29, 0.717) is 6.20 Å². The molecule has 2 nitrogen and oxygen atoms in total. The van der Waals surface area contributed by atoms with Gasteiger partial charge in [0.25, 0.3) is 5.82 Å². The number of aryl methyl sites for hydroxylation is 1. The van der Waals surface area contributed by atoms with Gasteiger partial charge in [0.1, 0.15) is 12.4 Å². The van der Waals surface area contributed by atoms with Crippen LogP contribution in [-0.4, -0.2) is 22.6 Å². The number of nitrogens with zero attached hydrogens (tertiary/aromatic N) is 2. The molecule has 0 amide bonds. The summed E-state index contributed by atoms with van der Waals surface area (Å²) in [6.07, 6.45) is -5.63. The van der Waals surface area contributed by atoms with Gasteiger partial charge in [0.15, 0.2) is 0 Å². The van der Waals surface area contributed by atoms with Crippen molar-refractivity contribution in [1.82, 2.24) is 4.57 Å². The van der Waals surface area contributed by atoms with E-state index >= 15 is 0 Å². The second kappa shape index (κ2) is 5.93. The highest BCUT2D eigenvalue weighted by atomic mass is 79.9. The Bertz CT molecular complexity index is 521. The van der Waals surface area contributed by atoms with Gasteiger partial charge in [-0.05, 0) is 6.92 Å². The number of imidazole rings is 1. The quantitative estimate of drug-likeness (QED) is 0.506. The van der Waals surface area contributed by atoms with Crippen molar-refractivity contribution in [1.29, 1.82) is 0 Å². The zero-order chi connectivity index (χ0) is 16.9. The standard InChI is InChI=1S/C10H10F9N2.BrH/c1-3-20-4-5-21(6(20)2)10(18,19)8(13,14)7(11,12)9(15,16)17;/h4-5H,3H2,1-2H3;1H/q+1;/p-1. The van der Waals surface area contributed by atoms with E-state index in [2.05, 4.69) is 0 Å². The second-order valence-electron chi connectivity index (χ2n) is 4.19. The first kappa shape index (κ1) is 21.1. The summed E-state index contributed by atoms with van der Waals surface area (Å²) in [6, 6.07) is -5.77. The van der Waals surface area contributed by atoms with Crippen LogP contribution in [0.3, 0.4) is 0 Å². The molecule has 0 radical (unpaired) electrons. The zero-order valence-corrected chi connectivity index (χ0v) is 12.6. The van der Waals surface area contributed by atoms with Crippen molar-refractivity contribution in [3.05, 3.63) is 18.2 Å². The molecule has 0 unspecified atom stereocenters. The molecule has 0 aromatic carbocycles. The molecule has 0 N–H and O–H groups in total. The first-order valence-corrected chi connectivity index (χ1v) is 5.49. The van der Waals surface area contributed by atoms with E-state index in [0.717, 1.165) is 17.7 Å². The second-order valence-corrected chi connectivity index (χ2v) is 4.19. The lowest BCUT2D eigenvalue weighted by Gasteiger charge is -2.31. The summed E-state index contributed by atoms with van der Waals surface area (Å²) in [5.74, 6) is -14.1. The Morgan fingerprint density at radius 3 is 1.73 bits per heavy atom. The summed E-state index contributed by atoms with van der Waals surface area (Å²) < 4.78 is 115. The van der Waals surface area contributed by atoms with E-state index in [1.165, 1.54) is 6.92 Å². The molecule has 1 rings (SSSR count). The van der Waals surface area contributed by atoms with Gasteiger partial charge in [-0.3, -0.25) is 0 Å². The van der Waals surface area contributed by atoms with Crippen LogP contribution < -0.4 is 21.5 Å². The van der Waals surface area contributed by atoms with Crippen molar-refractivity contribution >= 4 is 0 Å². The average Bonchev–Trinajstić information content (AvgIpc) is 2.68. The normalized spacial score (nSPS) is 14.0. The van der Waals surface area contributed by atoms with Gasteiger partial charge in [0, 0.05) is 6.92 Å². The fourth-order valence-corrected chi connectivity index (χ4v) is 1.65. The summed E-state index contributed by atoms with van der Waals surface area (Å²) in [6.45, 7) is 2.37. The van der Waals surface area contributed by atoms with Crippen molar-refractivity contribution in [2.24, 2.45) is 0 Å². The highest BCUT2D eigenvalue weighted by molar-refractivity contribution is 5.01. The molecule has 0 fully saturated rings. The molecule has 1 heterocycles. The maximum Gasteiger partial charge on any atom is 0.469 e. The van der Waals surface area contributed by atoms with Crippen molar-refractivity contribution in [2.45, 2.75) is 44.5 Å². The molecular weight excluding hydrogens is 399 g/mol. The Morgan fingerprint density at radius 2 is 1.41 bits per heavy atom. The minimum atomic E-state index is -6.89. The van der Waals surface area contributed by atoms with Crippen LogP contribution in [0.5, 0.6) is 0 Å². The lowest BCUT2D eigenvalue weighted by atomic mass is 10.1. The highest BCUT2D eigenvalue weighted by Crippen LogP contribution is 2.54. The SMILES string of the molecule is CC[n+]1ccn(C(F)(F)C(F)(F)C(F)(F)C(F)(F)F)c1C.[Br-]. The number of aromatic nitrogens is 2. The molecule has 1 aromatic heterocycles. The molecule has 0 bridgehead atoms. The molecule has 130 valence electrons. The molecule has 0 aliphatic rings. The fraction of sp³-hybridized carbons (Fsp3) is 0.700. The van der Waals surface area contributed by atoms with Crippen LogP contribution in [0.25, 0.3) is 0 Å². The van der Waals surface area contributed by atoms with E-state index < -0.39 is 34.5 Å². The fourth-order valence-electron chi connectivity index (χ4n) is 1.65. The Hall–Kier alpha value is -0.940. The smallest absolute Gasteiger partial charge is 0.469 e. The first-order chi connectivity index (χ1) is 9.21. The van der Waals surface area contributed by atoms with Gasteiger partial charge >= 0.3 is 24.1 Å². The van der Waals surface area contributed by atoms with E-state index in [1.54, 1.807) is 0 Å². The number of rotatable bonds is 4. The molecule has 0 aliphatic carbocycles. The maximum atomic E-state index is 13.6. The Morgan fingerprint density at radius 1 is 0.955 bits per heavy atom. The van der Waals surface area contributed by atoms with Crippen LogP contribution in [0.15, 0.2) is 12.4 Å².